The highest BCUT2D eigenvalue weighted by atomic mass is 16.5. The van der Waals surface area contributed by atoms with E-state index in [1.54, 1.807) is 13.8 Å². The summed E-state index contributed by atoms with van der Waals surface area (Å²) >= 11 is 0. The van der Waals surface area contributed by atoms with Crippen molar-refractivity contribution in [3.63, 3.8) is 0 Å². The molecule has 3 nitrogen and oxygen atoms in total. The van der Waals surface area contributed by atoms with Crippen molar-refractivity contribution >= 4 is 0 Å². The van der Waals surface area contributed by atoms with Crippen molar-refractivity contribution in [3.8, 4) is 5.75 Å². The van der Waals surface area contributed by atoms with Crippen LogP contribution in [0.3, 0.4) is 0 Å². The van der Waals surface area contributed by atoms with Crippen molar-refractivity contribution in [2.45, 2.75) is 38.3 Å². The molecule has 1 atom stereocenters. The Morgan fingerprint density at radius 2 is 2.25 bits per heavy atom. The van der Waals surface area contributed by atoms with Gasteiger partial charge in [0.25, 0.3) is 0 Å². The zero-order chi connectivity index (χ0) is 11.8. The Kier molecular flexibility index (Phi) is 2.91. The van der Waals surface area contributed by atoms with Crippen LogP contribution in [0.5, 0.6) is 5.75 Å². The topological polar surface area (TPSA) is 55.5 Å². The molecule has 0 unspecified atom stereocenters. The number of hydrogen-bond donors (Lipinski definition) is 2. The quantitative estimate of drug-likeness (QED) is 0.818. The van der Waals surface area contributed by atoms with Crippen LogP contribution in [0.15, 0.2) is 18.2 Å². The van der Waals surface area contributed by atoms with E-state index < -0.39 is 5.60 Å². The van der Waals surface area contributed by atoms with Crippen molar-refractivity contribution in [2.75, 3.05) is 6.61 Å². The number of benzene rings is 1. The van der Waals surface area contributed by atoms with Gasteiger partial charge in [0, 0.05) is 6.04 Å². The maximum atomic E-state index is 9.57. The van der Waals surface area contributed by atoms with Crippen LogP contribution in [0.25, 0.3) is 0 Å². The first-order chi connectivity index (χ1) is 7.46. The minimum atomic E-state index is -0.796. The molecule has 1 aliphatic rings. The Morgan fingerprint density at radius 3 is 2.94 bits per heavy atom. The number of ether oxygens (including phenoxy) is 1. The summed E-state index contributed by atoms with van der Waals surface area (Å²) in [7, 11) is 0. The van der Waals surface area contributed by atoms with Gasteiger partial charge in [-0.1, -0.05) is 6.07 Å². The molecule has 0 heterocycles. The Balaban J connectivity index is 2.08. The van der Waals surface area contributed by atoms with E-state index in [0.29, 0.717) is 6.61 Å². The number of fused-ring (bicyclic) bond motifs is 1. The average Bonchev–Trinajstić information content (AvgIpc) is 2.56. The van der Waals surface area contributed by atoms with Crippen LogP contribution in [0.2, 0.25) is 0 Å². The summed E-state index contributed by atoms with van der Waals surface area (Å²) in [5, 5.41) is 9.57. The maximum Gasteiger partial charge on any atom is 0.119 e. The van der Waals surface area contributed by atoms with E-state index in [1.807, 2.05) is 18.2 Å². The smallest absolute Gasteiger partial charge is 0.119 e. The average molecular weight is 221 g/mol. The Bertz CT molecular complexity index is 382. The Hall–Kier alpha value is -1.06. The molecule has 3 heteroatoms. The third-order valence-electron chi connectivity index (χ3n) is 2.83. The van der Waals surface area contributed by atoms with E-state index in [-0.39, 0.29) is 6.04 Å². The minimum absolute atomic E-state index is 0.179. The summed E-state index contributed by atoms with van der Waals surface area (Å²) in [6.07, 6.45) is 2.04. The summed E-state index contributed by atoms with van der Waals surface area (Å²) in [5.41, 5.74) is 7.67. The molecule has 0 saturated carbocycles. The molecule has 1 aliphatic carbocycles. The van der Waals surface area contributed by atoms with E-state index in [2.05, 4.69) is 0 Å². The molecule has 2 rings (SSSR count). The molecule has 1 aromatic carbocycles. The highest BCUT2D eigenvalue weighted by Gasteiger charge is 2.20. The molecule has 0 spiro atoms. The molecule has 0 aliphatic heterocycles. The third kappa shape index (κ3) is 2.54. The monoisotopic (exact) mass is 221 g/mol. The van der Waals surface area contributed by atoms with E-state index in [0.717, 1.165) is 18.6 Å². The van der Waals surface area contributed by atoms with Gasteiger partial charge in [0.2, 0.25) is 0 Å². The lowest BCUT2D eigenvalue weighted by atomic mass is 10.1. The van der Waals surface area contributed by atoms with Gasteiger partial charge in [-0.2, -0.15) is 0 Å². The molecular formula is C13H19NO2. The van der Waals surface area contributed by atoms with Crippen molar-refractivity contribution in [2.24, 2.45) is 5.73 Å². The molecule has 1 aromatic rings. The second kappa shape index (κ2) is 4.07. The largest absolute Gasteiger partial charge is 0.491 e. The van der Waals surface area contributed by atoms with Crippen LogP contribution in [0.4, 0.5) is 0 Å². The van der Waals surface area contributed by atoms with Gasteiger partial charge in [0.15, 0.2) is 0 Å². The minimum Gasteiger partial charge on any atom is -0.491 e. The van der Waals surface area contributed by atoms with Gasteiger partial charge in [0.1, 0.15) is 12.4 Å². The third-order valence-corrected chi connectivity index (χ3v) is 2.83. The van der Waals surface area contributed by atoms with Crippen LogP contribution >= 0.6 is 0 Å². The fraction of sp³-hybridized carbons (Fsp3) is 0.538. The normalized spacial score (nSPS) is 19.6. The second-order valence-electron chi connectivity index (χ2n) is 5.11. The van der Waals surface area contributed by atoms with Crippen molar-refractivity contribution in [1.29, 1.82) is 0 Å². The molecule has 0 saturated heterocycles. The zero-order valence-corrected chi connectivity index (χ0v) is 9.86. The fourth-order valence-electron chi connectivity index (χ4n) is 1.98. The molecule has 3 N–H and O–H groups in total. The predicted molar refractivity (Wildman–Crippen MR) is 63.5 cm³/mol. The predicted octanol–water partition coefficient (Wildman–Crippen LogP) is 1.78. The summed E-state index contributed by atoms with van der Waals surface area (Å²) in [6, 6.07) is 6.18. The van der Waals surface area contributed by atoms with Crippen LogP contribution in [0.1, 0.15) is 37.4 Å². The van der Waals surface area contributed by atoms with Crippen LogP contribution in [0, 0.1) is 0 Å². The lowest BCUT2D eigenvalue weighted by Gasteiger charge is -2.18. The van der Waals surface area contributed by atoms with Gasteiger partial charge < -0.3 is 15.6 Å². The number of aliphatic hydroxyl groups is 1. The molecule has 0 fully saturated rings. The first-order valence-corrected chi connectivity index (χ1v) is 5.69. The van der Waals surface area contributed by atoms with E-state index >= 15 is 0 Å². The van der Waals surface area contributed by atoms with Gasteiger partial charge in [-0.05, 0) is 49.9 Å². The Labute approximate surface area is 96.2 Å². The second-order valence-corrected chi connectivity index (χ2v) is 5.11. The number of aryl methyl sites for hydroxylation is 1. The number of rotatable bonds is 3. The van der Waals surface area contributed by atoms with Gasteiger partial charge in [-0.15, -0.1) is 0 Å². The van der Waals surface area contributed by atoms with Gasteiger partial charge in [-0.25, -0.2) is 0 Å². The highest BCUT2D eigenvalue weighted by Crippen LogP contribution is 2.31. The standard InChI is InChI=1S/C13H19NO2/c1-13(2,15)8-16-10-4-5-11-9(7-10)3-6-12(11)14/h4-5,7,12,15H,3,6,8,14H2,1-2H3/t12-/m1/s1. The summed E-state index contributed by atoms with van der Waals surface area (Å²) in [5.74, 6) is 0.815. The van der Waals surface area contributed by atoms with E-state index in [1.165, 1.54) is 11.1 Å². The maximum absolute atomic E-state index is 9.57. The highest BCUT2D eigenvalue weighted by molar-refractivity contribution is 5.40. The summed E-state index contributed by atoms with van der Waals surface area (Å²) in [6.45, 7) is 3.77. The van der Waals surface area contributed by atoms with Gasteiger partial charge in [0.05, 0.1) is 5.60 Å². The molecule has 16 heavy (non-hydrogen) atoms. The van der Waals surface area contributed by atoms with Crippen molar-refractivity contribution in [1.82, 2.24) is 0 Å². The molecule has 0 aromatic heterocycles. The van der Waals surface area contributed by atoms with Crippen LogP contribution < -0.4 is 10.5 Å². The van der Waals surface area contributed by atoms with Crippen LogP contribution in [-0.4, -0.2) is 17.3 Å². The summed E-state index contributed by atoms with van der Waals surface area (Å²) in [4.78, 5) is 0. The number of hydrogen-bond acceptors (Lipinski definition) is 3. The first-order valence-electron chi connectivity index (χ1n) is 5.69. The molecular weight excluding hydrogens is 202 g/mol. The first kappa shape index (κ1) is 11.4. The Morgan fingerprint density at radius 1 is 1.50 bits per heavy atom. The molecule has 88 valence electrons. The fourth-order valence-corrected chi connectivity index (χ4v) is 1.98. The summed E-state index contributed by atoms with van der Waals surface area (Å²) < 4.78 is 5.54. The van der Waals surface area contributed by atoms with Gasteiger partial charge in [-0.3, -0.25) is 0 Å². The van der Waals surface area contributed by atoms with Crippen molar-refractivity contribution in [3.05, 3.63) is 29.3 Å². The number of nitrogens with two attached hydrogens (primary N) is 1. The van der Waals surface area contributed by atoms with E-state index in [4.69, 9.17) is 10.5 Å². The zero-order valence-electron chi connectivity index (χ0n) is 9.86. The lowest BCUT2D eigenvalue weighted by molar-refractivity contribution is 0.0284. The lowest BCUT2D eigenvalue weighted by Crippen LogP contribution is -2.27. The van der Waals surface area contributed by atoms with E-state index in [9.17, 15) is 5.11 Å². The molecule has 0 bridgehead atoms. The molecule has 0 amide bonds. The van der Waals surface area contributed by atoms with Crippen molar-refractivity contribution < 1.29 is 9.84 Å². The van der Waals surface area contributed by atoms with Gasteiger partial charge >= 0.3 is 0 Å². The molecule has 0 radical (unpaired) electrons. The SMILES string of the molecule is CC(C)(O)COc1ccc2c(c1)CC[C@H]2N. The van der Waals surface area contributed by atoms with Crippen LogP contribution in [-0.2, 0) is 6.42 Å².